The number of urea groups is 1. The van der Waals surface area contributed by atoms with Crippen molar-refractivity contribution in [1.29, 1.82) is 0 Å². The van der Waals surface area contributed by atoms with E-state index in [-0.39, 0.29) is 6.03 Å². The third kappa shape index (κ3) is 5.63. The molecule has 0 aliphatic carbocycles. The number of hydrogen-bond acceptors (Lipinski definition) is 5. The number of carbonyl (C=O) groups is 1. The maximum absolute atomic E-state index is 12.2. The molecule has 7 heteroatoms. The molecule has 0 aromatic heterocycles. The van der Waals surface area contributed by atoms with Crippen molar-refractivity contribution < 1.29 is 4.79 Å². The van der Waals surface area contributed by atoms with E-state index in [0.29, 0.717) is 6.67 Å². The predicted molar refractivity (Wildman–Crippen MR) is 138 cm³/mol. The lowest BCUT2D eigenvalue weighted by molar-refractivity contribution is 0.262. The van der Waals surface area contributed by atoms with Crippen molar-refractivity contribution in [3.05, 3.63) is 83.9 Å². The van der Waals surface area contributed by atoms with Crippen molar-refractivity contribution in [3.63, 3.8) is 0 Å². The van der Waals surface area contributed by atoms with E-state index in [1.165, 1.54) is 5.56 Å². The molecule has 1 aliphatic rings. The Morgan fingerprint density at radius 1 is 0.939 bits per heavy atom. The van der Waals surface area contributed by atoms with Crippen LogP contribution in [0, 0.1) is 0 Å². The van der Waals surface area contributed by atoms with Gasteiger partial charge in [-0.2, -0.15) is 0 Å². The second-order valence-electron chi connectivity index (χ2n) is 8.25. The topological polar surface area (TPSA) is 72.0 Å². The molecule has 1 heterocycles. The zero-order chi connectivity index (χ0) is 23.2. The molecule has 0 unspecified atom stereocenters. The molecule has 170 valence electrons. The van der Waals surface area contributed by atoms with Crippen LogP contribution >= 0.6 is 0 Å². The number of aliphatic imine (C=N–C) groups is 1. The van der Waals surface area contributed by atoms with E-state index in [2.05, 4.69) is 51.0 Å². The van der Waals surface area contributed by atoms with Crippen LogP contribution in [-0.4, -0.2) is 51.1 Å². The number of benzene rings is 3. The molecular weight excluding hydrogens is 412 g/mol. The highest BCUT2D eigenvalue weighted by molar-refractivity contribution is 6.05. The Labute approximate surface area is 195 Å². The third-order valence-corrected chi connectivity index (χ3v) is 5.60. The molecule has 0 saturated heterocycles. The molecule has 33 heavy (non-hydrogen) atoms. The highest BCUT2D eigenvalue weighted by atomic mass is 16.2. The van der Waals surface area contributed by atoms with E-state index in [1.54, 1.807) is 0 Å². The van der Waals surface area contributed by atoms with Gasteiger partial charge in [0.15, 0.2) is 0 Å². The summed E-state index contributed by atoms with van der Waals surface area (Å²) in [6.45, 7) is 1.42. The Morgan fingerprint density at radius 2 is 1.64 bits per heavy atom. The number of rotatable bonds is 6. The number of fused-ring (bicyclic) bond motifs is 1. The van der Waals surface area contributed by atoms with Crippen LogP contribution in [0.1, 0.15) is 11.1 Å². The number of anilines is 4. The van der Waals surface area contributed by atoms with Crippen LogP contribution in [0.15, 0.2) is 77.8 Å². The standard InChI is InChI=1S/C26H30N6O/c1-31(2)22-13-14-23-24(17-22)27-18-28-25(23)32(3)16-15-19-9-11-21(12-10-19)30-26(33)29-20-7-5-4-6-8-20/h4-14,17,27H,15-16,18H2,1-3H3,(H2,29,30,33). The summed E-state index contributed by atoms with van der Waals surface area (Å²) in [7, 11) is 6.17. The summed E-state index contributed by atoms with van der Waals surface area (Å²) >= 11 is 0. The van der Waals surface area contributed by atoms with E-state index in [9.17, 15) is 4.79 Å². The largest absolute Gasteiger partial charge is 0.378 e. The van der Waals surface area contributed by atoms with Crippen molar-refractivity contribution in [2.75, 3.05) is 55.2 Å². The zero-order valence-corrected chi connectivity index (χ0v) is 19.3. The van der Waals surface area contributed by atoms with Gasteiger partial charge in [0.1, 0.15) is 12.5 Å². The fourth-order valence-corrected chi connectivity index (χ4v) is 3.74. The second-order valence-corrected chi connectivity index (χ2v) is 8.25. The van der Waals surface area contributed by atoms with E-state index in [1.807, 2.05) is 68.7 Å². The molecule has 3 aromatic carbocycles. The molecule has 3 N–H and O–H groups in total. The fraction of sp³-hybridized carbons (Fsp3) is 0.231. The van der Waals surface area contributed by atoms with E-state index in [0.717, 1.165) is 47.1 Å². The average Bonchev–Trinajstić information content (AvgIpc) is 2.83. The van der Waals surface area contributed by atoms with E-state index < -0.39 is 0 Å². The first-order chi connectivity index (χ1) is 16.0. The summed E-state index contributed by atoms with van der Waals surface area (Å²) in [5.41, 5.74) is 6.12. The van der Waals surface area contributed by atoms with Gasteiger partial charge >= 0.3 is 6.03 Å². The summed E-state index contributed by atoms with van der Waals surface area (Å²) in [4.78, 5) is 21.2. The molecule has 0 saturated carbocycles. The van der Waals surface area contributed by atoms with Gasteiger partial charge in [0.05, 0.1) is 0 Å². The van der Waals surface area contributed by atoms with Crippen molar-refractivity contribution in [2.24, 2.45) is 4.99 Å². The highest BCUT2D eigenvalue weighted by Gasteiger charge is 2.18. The smallest absolute Gasteiger partial charge is 0.323 e. The summed E-state index contributed by atoms with van der Waals surface area (Å²) in [6, 6.07) is 23.5. The minimum Gasteiger partial charge on any atom is -0.378 e. The molecule has 0 radical (unpaired) electrons. The number of amides is 2. The Bertz CT molecular complexity index is 1130. The van der Waals surface area contributed by atoms with Crippen LogP contribution in [0.25, 0.3) is 0 Å². The van der Waals surface area contributed by atoms with Gasteiger partial charge in [0, 0.05) is 56.0 Å². The number of hydrogen-bond donors (Lipinski definition) is 3. The van der Waals surface area contributed by atoms with Gasteiger partial charge in [-0.1, -0.05) is 30.3 Å². The normalized spacial score (nSPS) is 12.2. The summed E-state index contributed by atoms with van der Waals surface area (Å²) < 4.78 is 0. The van der Waals surface area contributed by atoms with Crippen molar-refractivity contribution in [2.45, 2.75) is 6.42 Å². The Morgan fingerprint density at radius 3 is 2.33 bits per heavy atom. The van der Waals surface area contributed by atoms with Crippen LogP contribution in [-0.2, 0) is 6.42 Å². The van der Waals surface area contributed by atoms with Crippen molar-refractivity contribution >= 4 is 34.6 Å². The number of amidine groups is 1. The number of likely N-dealkylation sites (N-methyl/N-ethyl adjacent to an activating group) is 1. The van der Waals surface area contributed by atoms with E-state index >= 15 is 0 Å². The summed E-state index contributed by atoms with van der Waals surface area (Å²) in [5.74, 6) is 1.00. The van der Waals surface area contributed by atoms with Gasteiger partial charge in [-0.15, -0.1) is 0 Å². The molecule has 7 nitrogen and oxygen atoms in total. The SMILES string of the molecule is CN(CCc1ccc(NC(=O)Nc2ccccc2)cc1)C1=NCNc2cc(N(C)C)ccc21. The monoisotopic (exact) mass is 442 g/mol. The summed E-state index contributed by atoms with van der Waals surface area (Å²) in [6.07, 6.45) is 0.880. The van der Waals surface area contributed by atoms with Crippen LogP contribution in [0.2, 0.25) is 0 Å². The van der Waals surface area contributed by atoms with Gasteiger partial charge in [0.25, 0.3) is 0 Å². The first-order valence-corrected chi connectivity index (χ1v) is 11.0. The lowest BCUT2D eigenvalue weighted by Crippen LogP contribution is -2.33. The van der Waals surface area contributed by atoms with E-state index in [4.69, 9.17) is 4.99 Å². The number of carbonyl (C=O) groups excluding carboxylic acids is 1. The molecule has 0 bridgehead atoms. The molecule has 0 atom stereocenters. The molecule has 0 spiro atoms. The lowest BCUT2D eigenvalue weighted by atomic mass is 10.1. The minimum absolute atomic E-state index is 0.256. The Hall–Kier alpha value is -4.00. The maximum Gasteiger partial charge on any atom is 0.323 e. The molecule has 4 rings (SSSR count). The predicted octanol–water partition coefficient (Wildman–Crippen LogP) is 4.70. The number of nitrogens with one attached hydrogen (secondary N) is 3. The van der Waals surface area contributed by atoms with Crippen LogP contribution in [0.5, 0.6) is 0 Å². The van der Waals surface area contributed by atoms with Gasteiger partial charge in [-0.05, 0) is 54.4 Å². The number of nitrogens with zero attached hydrogens (tertiary/aromatic N) is 3. The zero-order valence-electron chi connectivity index (χ0n) is 19.3. The first kappa shape index (κ1) is 22.2. The van der Waals surface area contributed by atoms with Gasteiger partial charge in [-0.3, -0.25) is 0 Å². The lowest BCUT2D eigenvalue weighted by Gasteiger charge is -2.27. The van der Waals surface area contributed by atoms with Crippen LogP contribution in [0.3, 0.4) is 0 Å². The average molecular weight is 443 g/mol. The second kappa shape index (κ2) is 10.1. The molecular formula is C26H30N6O. The summed E-state index contributed by atoms with van der Waals surface area (Å²) in [5, 5.41) is 9.06. The molecule has 3 aromatic rings. The van der Waals surface area contributed by atoms with Crippen molar-refractivity contribution in [3.8, 4) is 0 Å². The maximum atomic E-state index is 12.2. The minimum atomic E-state index is -0.256. The molecule has 2 amide bonds. The van der Waals surface area contributed by atoms with Gasteiger partial charge in [0.2, 0.25) is 0 Å². The van der Waals surface area contributed by atoms with Gasteiger partial charge in [-0.25, -0.2) is 9.79 Å². The Balaban J connectivity index is 1.32. The first-order valence-electron chi connectivity index (χ1n) is 11.0. The Kier molecular flexibility index (Phi) is 6.78. The third-order valence-electron chi connectivity index (χ3n) is 5.60. The molecule has 1 aliphatic heterocycles. The molecule has 0 fully saturated rings. The van der Waals surface area contributed by atoms with Gasteiger partial charge < -0.3 is 25.8 Å². The van der Waals surface area contributed by atoms with Crippen molar-refractivity contribution in [1.82, 2.24) is 4.90 Å². The highest BCUT2D eigenvalue weighted by Crippen LogP contribution is 2.26. The van der Waals surface area contributed by atoms with Crippen LogP contribution < -0.4 is 20.9 Å². The van der Waals surface area contributed by atoms with Crippen LogP contribution in [0.4, 0.5) is 27.5 Å². The fourth-order valence-electron chi connectivity index (χ4n) is 3.74. The quantitative estimate of drug-likeness (QED) is 0.517. The number of para-hydroxylation sites is 1.